The number of rotatable bonds is 4. The van der Waals surface area contributed by atoms with Crippen molar-refractivity contribution in [1.82, 2.24) is 9.88 Å². The molecule has 1 saturated heterocycles. The van der Waals surface area contributed by atoms with Crippen LogP contribution in [-0.2, 0) is 9.84 Å². The number of nitrogens with zero attached hydrogens (tertiary/aromatic N) is 3. The van der Waals surface area contributed by atoms with Gasteiger partial charge in [0, 0.05) is 43.1 Å². The first kappa shape index (κ1) is 22.3. The molecule has 4 rings (SSSR count). The highest BCUT2D eigenvalue weighted by Gasteiger charge is 2.25. The van der Waals surface area contributed by atoms with Crippen LogP contribution in [0.1, 0.15) is 21.5 Å². The van der Waals surface area contributed by atoms with Gasteiger partial charge in [0.1, 0.15) is 0 Å². The summed E-state index contributed by atoms with van der Waals surface area (Å²) in [6.45, 7) is 6.45. The molecule has 6 nitrogen and oxygen atoms in total. The van der Waals surface area contributed by atoms with Crippen molar-refractivity contribution in [2.75, 3.05) is 31.1 Å². The van der Waals surface area contributed by atoms with Gasteiger partial charge in [0.05, 0.1) is 10.5 Å². The van der Waals surface area contributed by atoms with E-state index in [1.807, 2.05) is 32.0 Å². The molecule has 0 unspecified atom stereocenters. The van der Waals surface area contributed by atoms with E-state index in [4.69, 9.17) is 11.6 Å². The second kappa shape index (κ2) is 8.92. The summed E-state index contributed by atoms with van der Waals surface area (Å²) in [5.74, 6) is -0.153. The number of amides is 1. The zero-order valence-corrected chi connectivity index (χ0v) is 19.5. The number of benzene rings is 2. The van der Waals surface area contributed by atoms with Gasteiger partial charge in [0.25, 0.3) is 5.91 Å². The third-order valence-electron chi connectivity index (χ3n) is 5.67. The lowest BCUT2D eigenvalue weighted by Crippen LogP contribution is -2.49. The monoisotopic (exact) mass is 469 g/mol. The molecule has 166 valence electrons. The minimum Gasteiger partial charge on any atom is -0.368 e. The lowest BCUT2D eigenvalue weighted by molar-refractivity contribution is 0.0746. The van der Waals surface area contributed by atoms with Crippen molar-refractivity contribution in [3.63, 3.8) is 0 Å². The van der Waals surface area contributed by atoms with E-state index in [-0.39, 0.29) is 15.8 Å². The summed E-state index contributed by atoms with van der Waals surface area (Å²) in [5, 5.41) is 0.620. The predicted molar refractivity (Wildman–Crippen MR) is 125 cm³/mol. The summed E-state index contributed by atoms with van der Waals surface area (Å²) >= 11 is 6.15. The summed E-state index contributed by atoms with van der Waals surface area (Å²) in [6, 6.07) is 15.4. The minimum absolute atomic E-state index is 0.0702. The van der Waals surface area contributed by atoms with Gasteiger partial charge in [-0.3, -0.25) is 4.79 Å². The zero-order valence-electron chi connectivity index (χ0n) is 18.0. The van der Waals surface area contributed by atoms with Gasteiger partial charge >= 0.3 is 0 Å². The Morgan fingerprint density at radius 3 is 2.25 bits per heavy atom. The molecular weight excluding hydrogens is 446 g/mol. The number of pyridine rings is 1. The summed E-state index contributed by atoms with van der Waals surface area (Å²) < 4.78 is 25.6. The molecule has 1 aromatic heterocycles. The number of aromatic nitrogens is 1. The number of aryl methyl sites for hydroxylation is 2. The Kier molecular flexibility index (Phi) is 6.22. The van der Waals surface area contributed by atoms with Crippen LogP contribution >= 0.6 is 11.6 Å². The van der Waals surface area contributed by atoms with E-state index in [1.165, 1.54) is 18.3 Å². The molecule has 1 aliphatic heterocycles. The first-order chi connectivity index (χ1) is 15.3. The third-order valence-corrected chi connectivity index (χ3v) is 7.59. The zero-order chi connectivity index (χ0) is 22.9. The van der Waals surface area contributed by atoms with Gasteiger partial charge < -0.3 is 9.80 Å². The largest absolute Gasteiger partial charge is 0.368 e. The maximum Gasteiger partial charge on any atom is 0.255 e. The van der Waals surface area contributed by atoms with Crippen molar-refractivity contribution >= 4 is 33.0 Å². The molecule has 3 aromatic rings. The van der Waals surface area contributed by atoms with Gasteiger partial charge in [-0.2, -0.15) is 0 Å². The van der Waals surface area contributed by atoms with Crippen LogP contribution in [-0.4, -0.2) is 50.4 Å². The number of carbonyl (C=O) groups is 1. The maximum absolute atomic E-state index is 12.9. The SMILES string of the molecule is Cc1ccc(S(=O)(=O)c2ccc(C(=O)N3CCN(c4cc(Cl)ccc4C)CC3)cn2)cc1. The van der Waals surface area contributed by atoms with Crippen LogP contribution in [0.25, 0.3) is 0 Å². The van der Waals surface area contributed by atoms with E-state index in [1.54, 1.807) is 29.2 Å². The van der Waals surface area contributed by atoms with E-state index in [0.717, 1.165) is 16.8 Å². The maximum atomic E-state index is 12.9. The first-order valence-corrected chi connectivity index (χ1v) is 12.2. The average Bonchev–Trinajstić information content (AvgIpc) is 2.81. The number of carbonyl (C=O) groups excluding carboxylic acids is 1. The predicted octanol–water partition coefficient (Wildman–Crippen LogP) is 4.15. The van der Waals surface area contributed by atoms with Gasteiger partial charge in [-0.25, -0.2) is 13.4 Å². The van der Waals surface area contributed by atoms with Crippen LogP contribution < -0.4 is 4.90 Å². The van der Waals surface area contributed by atoms with Gasteiger partial charge in [0.15, 0.2) is 5.03 Å². The van der Waals surface area contributed by atoms with Crippen molar-refractivity contribution in [2.45, 2.75) is 23.8 Å². The Morgan fingerprint density at radius 2 is 1.62 bits per heavy atom. The lowest BCUT2D eigenvalue weighted by atomic mass is 10.1. The molecule has 0 N–H and O–H groups in total. The molecule has 0 bridgehead atoms. The van der Waals surface area contributed by atoms with E-state index in [0.29, 0.717) is 36.8 Å². The highest BCUT2D eigenvalue weighted by Crippen LogP contribution is 2.26. The van der Waals surface area contributed by atoms with Crippen molar-refractivity contribution in [3.8, 4) is 0 Å². The molecule has 1 fully saturated rings. The normalized spacial score (nSPS) is 14.5. The summed E-state index contributed by atoms with van der Waals surface area (Å²) in [4.78, 5) is 21.2. The van der Waals surface area contributed by atoms with E-state index in [2.05, 4.69) is 9.88 Å². The van der Waals surface area contributed by atoms with E-state index >= 15 is 0 Å². The molecule has 2 heterocycles. The van der Waals surface area contributed by atoms with E-state index in [9.17, 15) is 13.2 Å². The number of sulfone groups is 1. The van der Waals surface area contributed by atoms with Crippen LogP contribution in [0.15, 0.2) is 70.7 Å². The molecule has 0 spiro atoms. The molecule has 0 aliphatic carbocycles. The van der Waals surface area contributed by atoms with Crippen molar-refractivity contribution in [3.05, 3.63) is 82.5 Å². The molecular formula is C24H24ClN3O3S. The highest BCUT2D eigenvalue weighted by molar-refractivity contribution is 7.91. The lowest BCUT2D eigenvalue weighted by Gasteiger charge is -2.36. The molecule has 8 heteroatoms. The van der Waals surface area contributed by atoms with Crippen LogP contribution in [0.3, 0.4) is 0 Å². The smallest absolute Gasteiger partial charge is 0.255 e. The second-order valence-corrected chi connectivity index (χ2v) is 10.2. The number of anilines is 1. The molecule has 1 amide bonds. The first-order valence-electron chi connectivity index (χ1n) is 10.3. The van der Waals surface area contributed by atoms with Crippen molar-refractivity contribution in [1.29, 1.82) is 0 Å². The van der Waals surface area contributed by atoms with Crippen molar-refractivity contribution in [2.24, 2.45) is 0 Å². The quantitative estimate of drug-likeness (QED) is 0.574. The van der Waals surface area contributed by atoms with Crippen LogP contribution in [0, 0.1) is 13.8 Å². The standard InChI is InChI=1S/C24H24ClN3O3S/c1-17-3-8-21(9-4-17)32(30,31)23-10-6-19(16-26-23)24(29)28-13-11-27(12-14-28)22-15-20(25)7-5-18(22)2/h3-10,15-16H,11-14H2,1-2H3. The Hall–Kier alpha value is -2.90. The number of piperazine rings is 1. The molecule has 0 radical (unpaired) electrons. The van der Waals surface area contributed by atoms with Gasteiger partial charge in [0.2, 0.25) is 9.84 Å². The Morgan fingerprint density at radius 1 is 0.938 bits per heavy atom. The highest BCUT2D eigenvalue weighted by atomic mass is 35.5. The van der Waals surface area contributed by atoms with E-state index < -0.39 is 9.84 Å². The fourth-order valence-corrected chi connectivity index (χ4v) is 5.10. The Labute approximate surface area is 193 Å². The number of hydrogen-bond acceptors (Lipinski definition) is 5. The van der Waals surface area contributed by atoms with Gasteiger partial charge in [-0.05, 0) is 55.8 Å². The number of halogens is 1. The summed E-state index contributed by atoms with van der Waals surface area (Å²) in [7, 11) is -3.72. The second-order valence-electron chi connectivity index (χ2n) is 7.91. The topological polar surface area (TPSA) is 70.6 Å². The average molecular weight is 470 g/mol. The number of hydrogen-bond donors (Lipinski definition) is 0. The van der Waals surface area contributed by atoms with Gasteiger partial charge in [-0.1, -0.05) is 35.4 Å². The minimum atomic E-state index is -3.72. The summed E-state index contributed by atoms with van der Waals surface area (Å²) in [6.07, 6.45) is 1.34. The van der Waals surface area contributed by atoms with Crippen LogP contribution in [0.5, 0.6) is 0 Å². The fourth-order valence-electron chi connectivity index (χ4n) is 3.76. The van der Waals surface area contributed by atoms with Crippen molar-refractivity contribution < 1.29 is 13.2 Å². The fraction of sp³-hybridized carbons (Fsp3) is 0.250. The third kappa shape index (κ3) is 4.49. The van der Waals surface area contributed by atoms with Gasteiger partial charge in [-0.15, -0.1) is 0 Å². The Bertz CT molecular complexity index is 1230. The molecule has 1 aliphatic rings. The Balaban J connectivity index is 1.44. The molecule has 32 heavy (non-hydrogen) atoms. The van der Waals surface area contributed by atoms with Crippen LogP contribution in [0.2, 0.25) is 5.02 Å². The summed E-state index contributed by atoms with van der Waals surface area (Å²) in [5.41, 5.74) is 3.57. The molecule has 0 atom stereocenters. The molecule has 0 saturated carbocycles. The molecule has 2 aromatic carbocycles. The van der Waals surface area contributed by atoms with Crippen LogP contribution in [0.4, 0.5) is 5.69 Å².